The van der Waals surface area contributed by atoms with Crippen molar-refractivity contribution in [2.75, 3.05) is 0 Å². The molecule has 15 aromatic rings. The molecule has 15 heterocycles. The zero-order chi connectivity index (χ0) is 63.6. The van der Waals surface area contributed by atoms with E-state index in [0.29, 0.717) is 0 Å². The Labute approximate surface area is 531 Å². The summed E-state index contributed by atoms with van der Waals surface area (Å²) in [6.45, 7) is 0. The van der Waals surface area contributed by atoms with E-state index in [1.165, 1.54) is 0 Å². The molecule has 0 saturated carbocycles. The van der Waals surface area contributed by atoms with Crippen LogP contribution in [0.15, 0.2) is 459 Å². The van der Waals surface area contributed by atoms with Gasteiger partial charge in [-0.2, -0.15) is 0 Å². The van der Waals surface area contributed by atoms with Gasteiger partial charge >= 0.3 is 0 Å². The molecular formula is C75H75N15. The van der Waals surface area contributed by atoms with Crippen LogP contribution in [0.25, 0.3) is 0 Å². The second kappa shape index (κ2) is 72.4. The van der Waals surface area contributed by atoms with Crippen LogP contribution in [-0.4, -0.2) is 74.8 Å². The minimum absolute atomic E-state index is 1.75. The van der Waals surface area contributed by atoms with Crippen LogP contribution in [0, 0.1) is 0 Å². The van der Waals surface area contributed by atoms with Gasteiger partial charge in [-0.15, -0.1) is 0 Å². The summed E-state index contributed by atoms with van der Waals surface area (Å²) >= 11 is 0. The monoisotopic (exact) mass is 1190 g/mol. The van der Waals surface area contributed by atoms with Gasteiger partial charge in [0.2, 0.25) is 0 Å². The fourth-order valence-electron chi connectivity index (χ4n) is 4.69. The number of hydrogen-bond donors (Lipinski definition) is 0. The van der Waals surface area contributed by atoms with Crippen molar-refractivity contribution in [1.82, 2.24) is 74.8 Å². The molecule has 0 atom stereocenters. The molecule has 0 spiro atoms. The summed E-state index contributed by atoms with van der Waals surface area (Å²) in [6.07, 6.45) is 52.5. The molecule has 0 aliphatic rings. The van der Waals surface area contributed by atoms with E-state index in [-0.39, 0.29) is 0 Å². The van der Waals surface area contributed by atoms with E-state index in [0.717, 1.165) is 0 Å². The highest BCUT2D eigenvalue weighted by molar-refractivity contribution is 4.96. The zero-order valence-electron chi connectivity index (χ0n) is 50.0. The van der Waals surface area contributed by atoms with Crippen LogP contribution in [0.3, 0.4) is 0 Å². The van der Waals surface area contributed by atoms with Gasteiger partial charge in [0, 0.05) is 186 Å². The minimum atomic E-state index is 1.75. The maximum atomic E-state index is 3.78. The van der Waals surface area contributed by atoms with E-state index in [1.54, 1.807) is 186 Å². The Kier molecular flexibility index (Phi) is 60.5. The van der Waals surface area contributed by atoms with Crippen molar-refractivity contribution < 1.29 is 0 Å². The van der Waals surface area contributed by atoms with Gasteiger partial charge in [-0.3, -0.25) is 74.8 Å². The van der Waals surface area contributed by atoms with Crippen molar-refractivity contribution in [2.24, 2.45) is 0 Å². The van der Waals surface area contributed by atoms with Gasteiger partial charge in [0.05, 0.1) is 0 Å². The molecule has 0 radical (unpaired) electrons. The lowest BCUT2D eigenvalue weighted by Gasteiger charge is -1.70. The molecule has 0 aromatic carbocycles. The Morgan fingerprint density at radius 2 is 0.100 bits per heavy atom. The van der Waals surface area contributed by atoms with Crippen LogP contribution in [0.2, 0.25) is 0 Å². The largest absolute Gasteiger partial charge is 0.265 e. The van der Waals surface area contributed by atoms with Crippen molar-refractivity contribution in [3.63, 3.8) is 0 Å². The summed E-state index contributed by atoms with van der Waals surface area (Å²) in [7, 11) is 0. The Morgan fingerprint density at radius 1 is 0.0556 bits per heavy atom. The van der Waals surface area contributed by atoms with Gasteiger partial charge in [0.25, 0.3) is 0 Å². The van der Waals surface area contributed by atoms with E-state index in [2.05, 4.69) is 74.8 Å². The highest BCUT2D eigenvalue weighted by Gasteiger charge is 1.66. The fraction of sp³-hybridized carbons (Fsp3) is 0. The molecule has 0 aliphatic carbocycles. The van der Waals surface area contributed by atoms with Crippen molar-refractivity contribution in [2.45, 2.75) is 0 Å². The van der Waals surface area contributed by atoms with Crippen LogP contribution in [0.4, 0.5) is 0 Å². The summed E-state index contributed by atoms with van der Waals surface area (Å²) in [4.78, 5) is 56.8. The Morgan fingerprint density at radius 3 is 0.111 bits per heavy atom. The average molecular weight is 1190 g/mol. The molecule has 0 amide bonds. The third kappa shape index (κ3) is 69.5. The molecule has 0 N–H and O–H groups in total. The highest BCUT2D eigenvalue weighted by Crippen LogP contribution is 1.82. The molecule has 15 rings (SSSR count). The van der Waals surface area contributed by atoms with Gasteiger partial charge in [-0.05, 0) is 182 Å². The van der Waals surface area contributed by atoms with Crippen molar-refractivity contribution in [3.8, 4) is 0 Å². The first kappa shape index (κ1) is 75.3. The van der Waals surface area contributed by atoms with Gasteiger partial charge in [-0.25, -0.2) is 0 Å². The minimum Gasteiger partial charge on any atom is -0.265 e. The lowest BCUT2D eigenvalue weighted by molar-refractivity contribution is 1.33. The zero-order valence-corrected chi connectivity index (χ0v) is 50.0. The van der Waals surface area contributed by atoms with Crippen LogP contribution < -0.4 is 0 Å². The molecule has 15 aromatic heterocycles. The van der Waals surface area contributed by atoms with Gasteiger partial charge < -0.3 is 0 Å². The van der Waals surface area contributed by atoms with Crippen LogP contribution in [0.5, 0.6) is 0 Å². The molecule has 0 fully saturated rings. The Hall–Kier alpha value is -12.8. The molecule has 0 saturated heterocycles. The lowest BCUT2D eigenvalue weighted by atomic mass is 10.5. The molecule has 15 heteroatoms. The third-order valence-electron chi connectivity index (χ3n) is 8.50. The molecule has 0 bridgehead atoms. The van der Waals surface area contributed by atoms with Crippen molar-refractivity contribution in [1.29, 1.82) is 0 Å². The first-order valence-corrected chi connectivity index (χ1v) is 27.7. The van der Waals surface area contributed by atoms with E-state index in [1.807, 2.05) is 273 Å². The molecule has 0 unspecified atom stereocenters. The second-order valence-corrected chi connectivity index (χ2v) is 15.4. The summed E-state index contributed by atoms with van der Waals surface area (Å²) in [5.41, 5.74) is 0. The number of nitrogens with zero attached hydrogens (tertiary/aromatic N) is 15. The Bertz CT molecular complexity index is 2060. The maximum absolute atomic E-state index is 3.78. The van der Waals surface area contributed by atoms with E-state index in [9.17, 15) is 0 Å². The van der Waals surface area contributed by atoms with Gasteiger partial charge in [-0.1, -0.05) is 91.0 Å². The predicted molar refractivity (Wildman–Crippen MR) is 364 cm³/mol. The topological polar surface area (TPSA) is 193 Å². The highest BCUT2D eigenvalue weighted by atomic mass is 14.6. The van der Waals surface area contributed by atoms with E-state index >= 15 is 0 Å². The first-order valence-electron chi connectivity index (χ1n) is 27.7. The third-order valence-corrected chi connectivity index (χ3v) is 8.50. The number of hydrogen-bond acceptors (Lipinski definition) is 15. The van der Waals surface area contributed by atoms with Gasteiger partial charge in [0.1, 0.15) is 0 Å². The van der Waals surface area contributed by atoms with Crippen LogP contribution >= 0.6 is 0 Å². The normalized spacial score (nSPS) is 8.00. The molecule has 0 aliphatic heterocycles. The van der Waals surface area contributed by atoms with Crippen LogP contribution in [-0.2, 0) is 0 Å². The second-order valence-electron chi connectivity index (χ2n) is 15.4. The number of aromatic nitrogens is 15. The van der Waals surface area contributed by atoms with Gasteiger partial charge in [0.15, 0.2) is 0 Å². The molecule has 450 valence electrons. The molecule has 15 nitrogen and oxygen atoms in total. The molecule has 90 heavy (non-hydrogen) atoms. The van der Waals surface area contributed by atoms with E-state index in [4.69, 9.17) is 0 Å². The number of rotatable bonds is 0. The smallest absolute Gasteiger partial charge is 0.0267 e. The fourth-order valence-corrected chi connectivity index (χ4v) is 4.69. The summed E-state index contributed by atoms with van der Waals surface area (Å²) in [5, 5.41) is 0. The summed E-state index contributed by atoms with van der Waals surface area (Å²) in [6, 6.07) is 85.7. The standard InChI is InChI=1S/15C5H5N/c15*1-2-4-6-5-3-1/h15*1-5H. The van der Waals surface area contributed by atoms with Crippen molar-refractivity contribution in [3.05, 3.63) is 459 Å². The lowest BCUT2D eigenvalue weighted by Crippen LogP contribution is -1.58. The van der Waals surface area contributed by atoms with E-state index < -0.39 is 0 Å². The number of pyridine rings is 15. The Balaban J connectivity index is 0.000000482. The maximum Gasteiger partial charge on any atom is 0.0267 e. The quantitative estimate of drug-likeness (QED) is 0.139. The SMILES string of the molecule is c1ccncc1.c1ccncc1.c1ccncc1.c1ccncc1.c1ccncc1.c1ccncc1.c1ccncc1.c1ccncc1.c1ccncc1.c1ccncc1.c1ccncc1.c1ccncc1.c1ccncc1.c1ccncc1.c1ccncc1. The predicted octanol–water partition coefficient (Wildman–Crippen LogP) is 16.2. The summed E-state index contributed by atoms with van der Waals surface area (Å²) < 4.78 is 0. The van der Waals surface area contributed by atoms with Crippen LogP contribution in [0.1, 0.15) is 0 Å². The molecular weight excluding hydrogens is 1110 g/mol. The summed E-state index contributed by atoms with van der Waals surface area (Å²) in [5.74, 6) is 0. The first-order chi connectivity index (χ1) is 45.0. The average Bonchev–Trinajstić information content (AvgIpc) is 3.70. The van der Waals surface area contributed by atoms with Crippen molar-refractivity contribution >= 4 is 0 Å².